The molecule has 1 atom stereocenters. The van der Waals surface area contributed by atoms with E-state index < -0.39 is 0 Å². The number of benzene rings is 5. The monoisotopic (exact) mass is 718 g/mol. The van der Waals surface area contributed by atoms with Crippen molar-refractivity contribution in [3.05, 3.63) is 199 Å². The summed E-state index contributed by atoms with van der Waals surface area (Å²) in [5, 5.41) is 3.51. The van der Waals surface area contributed by atoms with Gasteiger partial charge in [0.15, 0.2) is 0 Å². The second-order valence-corrected chi connectivity index (χ2v) is 14.4. The second-order valence-electron chi connectivity index (χ2n) is 14.4. The fourth-order valence-electron chi connectivity index (χ4n) is 8.55. The Balaban J connectivity index is 1.12. The number of fused-ring (bicyclic) bond motifs is 6. The molecule has 10 aromatic rings. The van der Waals surface area contributed by atoms with Crippen LogP contribution in [0, 0.1) is 0 Å². The van der Waals surface area contributed by atoms with Crippen molar-refractivity contribution in [2.24, 2.45) is 0 Å². The molecular formula is C51H34N4O. The molecule has 0 saturated carbocycles. The zero-order valence-electron chi connectivity index (χ0n) is 30.4. The Hall–Kier alpha value is -7.37. The summed E-state index contributed by atoms with van der Waals surface area (Å²) >= 11 is 0. The van der Waals surface area contributed by atoms with E-state index in [4.69, 9.17) is 14.4 Å². The largest absolute Gasteiger partial charge is 0.456 e. The number of aromatic nitrogens is 4. The smallest absolute Gasteiger partial charge is 0.135 e. The van der Waals surface area contributed by atoms with E-state index in [9.17, 15) is 0 Å². The number of hydrogen-bond donors (Lipinski definition) is 0. The van der Waals surface area contributed by atoms with E-state index in [0.29, 0.717) is 0 Å². The summed E-state index contributed by atoms with van der Waals surface area (Å²) in [6.45, 7) is 0. The number of rotatable bonds is 6. The molecule has 5 aromatic carbocycles. The lowest BCUT2D eigenvalue weighted by molar-refractivity contribution is 0.591. The zero-order valence-corrected chi connectivity index (χ0v) is 30.4. The molecular weight excluding hydrogens is 685 g/mol. The molecule has 11 rings (SSSR count). The summed E-state index contributed by atoms with van der Waals surface area (Å²) in [7, 11) is 0. The lowest BCUT2D eigenvalue weighted by atomic mass is 9.87. The van der Waals surface area contributed by atoms with Crippen LogP contribution in [0.15, 0.2) is 187 Å². The Kier molecular flexibility index (Phi) is 7.56. The highest BCUT2D eigenvalue weighted by molar-refractivity contribution is 6.12. The summed E-state index contributed by atoms with van der Waals surface area (Å²) in [5.41, 5.74) is 15.4. The van der Waals surface area contributed by atoms with Crippen LogP contribution in [0.1, 0.15) is 22.8 Å². The van der Waals surface area contributed by atoms with Crippen LogP contribution in [-0.4, -0.2) is 19.5 Å². The van der Waals surface area contributed by atoms with Crippen LogP contribution in [0.4, 0.5) is 0 Å². The summed E-state index contributed by atoms with van der Waals surface area (Å²) in [6, 6.07) is 53.8. The van der Waals surface area contributed by atoms with Crippen LogP contribution in [0.2, 0.25) is 0 Å². The summed E-state index contributed by atoms with van der Waals surface area (Å²) in [5.74, 6) is 1.18. The van der Waals surface area contributed by atoms with E-state index in [0.717, 1.165) is 84.6 Å². The molecule has 1 aliphatic carbocycles. The van der Waals surface area contributed by atoms with Gasteiger partial charge in [-0.15, -0.1) is 0 Å². The summed E-state index contributed by atoms with van der Waals surface area (Å²) < 4.78 is 8.83. The Morgan fingerprint density at radius 2 is 1.16 bits per heavy atom. The zero-order chi connectivity index (χ0) is 37.0. The van der Waals surface area contributed by atoms with Gasteiger partial charge in [0.25, 0.3) is 0 Å². The molecule has 0 N–H and O–H groups in total. The van der Waals surface area contributed by atoms with Gasteiger partial charge in [0.2, 0.25) is 0 Å². The minimum atomic E-state index is 0.244. The lowest BCUT2D eigenvalue weighted by Crippen LogP contribution is -2.04. The molecule has 0 radical (unpaired) electrons. The molecule has 0 bridgehead atoms. The molecule has 0 aliphatic heterocycles. The van der Waals surface area contributed by atoms with Gasteiger partial charge in [-0.3, -0.25) is 15.0 Å². The Labute approximate surface area is 323 Å². The molecule has 5 nitrogen and oxygen atoms in total. The molecule has 1 aliphatic rings. The lowest BCUT2D eigenvalue weighted by Gasteiger charge is -2.16. The fourth-order valence-corrected chi connectivity index (χ4v) is 8.55. The van der Waals surface area contributed by atoms with E-state index in [2.05, 4.69) is 143 Å². The van der Waals surface area contributed by atoms with E-state index in [1.165, 1.54) is 21.9 Å². The standard InChI is InChI=1S/C51H34N4O/c1-3-13-40(46-15-5-7-26-53-46)38(11-1)34-17-21-48-42(29-34)43-30-35(39-12-2-4-14-41(39)47-16-6-8-27-54-47)18-22-49(43)55(48)37-20-24-51-45(31-37)44-28-33(19-23-50(44)56-51)36-10-9-25-52-32-36/h1-27,29-33H,28H2. The van der Waals surface area contributed by atoms with E-state index in [-0.39, 0.29) is 5.92 Å². The highest BCUT2D eigenvalue weighted by atomic mass is 16.3. The third-order valence-electron chi connectivity index (χ3n) is 11.2. The first-order chi connectivity index (χ1) is 27.8. The van der Waals surface area contributed by atoms with Crippen molar-refractivity contribution in [3.63, 3.8) is 0 Å². The first kappa shape index (κ1) is 32.1. The van der Waals surface area contributed by atoms with E-state index in [1.807, 2.05) is 55.1 Å². The van der Waals surface area contributed by atoms with Crippen molar-refractivity contribution in [3.8, 4) is 50.5 Å². The Bertz CT molecular complexity index is 2970. The molecule has 5 aromatic heterocycles. The SMILES string of the molecule is C1=CC(c2cccnc2)Cc2c1oc1ccc(-n3c4ccc(-c5ccccc5-c5ccccn5)cc4c4cc(-c5ccccc5-c5ccccn5)ccc43)cc21. The average Bonchev–Trinajstić information content (AvgIpc) is 3.81. The minimum Gasteiger partial charge on any atom is -0.456 e. The van der Waals surface area contributed by atoms with Gasteiger partial charge in [0, 0.05) is 69.2 Å². The third-order valence-corrected chi connectivity index (χ3v) is 11.2. The maximum atomic E-state index is 6.42. The number of pyridine rings is 3. The Morgan fingerprint density at radius 1 is 0.536 bits per heavy atom. The van der Waals surface area contributed by atoms with Gasteiger partial charge in [-0.1, -0.05) is 84.9 Å². The minimum absolute atomic E-state index is 0.244. The molecule has 0 fully saturated rings. The maximum Gasteiger partial charge on any atom is 0.135 e. The first-order valence-corrected chi connectivity index (χ1v) is 19.0. The highest BCUT2D eigenvalue weighted by Gasteiger charge is 2.23. The van der Waals surface area contributed by atoms with Gasteiger partial charge in [0.05, 0.1) is 22.4 Å². The van der Waals surface area contributed by atoms with Crippen LogP contribution in [0.25, 0.3) is 89.3 Å². The van der Waals surface area contributed by atoms with Gasteiger partial charge >= 0.3 is 0 Å². The molecule has 5 heterocycles. The first-order valence-electron chi connectivity index (χ1n) is 19.0. The predicted octanol–water partition coefficient (Wildman–Crippen LogP) is 12.7. The third kappa shape index (κ3) is 5.36. The van der Waals surface area contributed by atoms with E-state index >= 15 is 0 Å². The number of nitrogens with zero attached hydrogens (tertiary/aromatic N) is 4. The summed E-state index contributed by atoms with van der Waals surface area (Å²) in [6.07, 6.45) is 12.7. The second kappa shape index (κ2) is 13.2. The summed E-state index contributed by atoms with van der Waals surface area (Å²) in [4.78, 5) is 13.8. The van der Waals surface area contributed by atoms with Gasteiger partial charge < -0.3 is 8.98 Å². The van der Waals surface area contributed by atoms with Gasteiger partial charge in [-0.05, 0) is 113 Å². The van der Waals surface area contributed by atoms with Crippen molar-refractivity contribution in [2.45, 2.75) is 12.3 Å². The maximum absolute atomic E-state index is 6.42. The van der Waals surface area contributed by atoms with Crippen LogP contribution in [0.5, 0.6) is 0 Å². The predicted molar refractivity (Wildman–Crippen MR) is 228 cm³/mol. The van der Waals surface area contributed by atoms with Crippen molar-refractivity contribution in [2.75, 3.05) is 0 Å². The van der Waals surface area contributed by atoms with Gasteiger partial charge in [-0.25, -0.2) is 0 Å². The number of furan rings is 1. The highest BCUT2D eigenvalue weighted by Crippen LogP contribution is 2.42. The van der Waals surface area contributed by atoms with Crippen molar-refractivity contribution >= 4 is 38.9 Å². The fraction of sp³-hybridized carbons (Fsp3) is 0.0392. The normalized spacial score (nSPS) is 13.8. The van der Waals surface area contributed by atoms with Crippen molar-refractivity contribution < 1.29 is 4.42 Å². The number of allylic oxidation sites excluding steroid dienone is 1. The van der Waals surface area contributed by atoms with Crippen LogP contribution in [0.3, 0.4) is 0 Å². The quantitative estimate of drug-likeness (QED) is 0.172. The van der Waals surface area contributed by atoms with Gasteiger partial charge in [0.1, 0.15) is 11.3 Å². The van der Waals surface area contributed by atoms with Crippen LogP contribution >= 0.6 is 0 Å². The molecule has 0 spiro atoms. The topological polar surface area (TPSA) is 56.7 Å². The molecule has 0 amide bonds. The molecule has 5 heteroatoms. The number of hydrogen-bond acceptors (Lipinski definition) is 4. The average molecular weight is 719 g/mol. The van der Waals surface area contributed by atoms with E-state index in [1.54, 1.807) is 0 Å². The van der Waals surface area contributed by atoms with Crippen molar-refractivity contribution in [1.82, 2.24) is 19.5 Å². The Morgan fingerprint density at radius 3 is 1.75 bits per heavy atom. The van der Waals surface area contributed by atoms with Gasteiger partial charge in [-0.2, -0.15) is 0 Å². The molecule has 0 saturated heterocycles. The molecule has 264 valence electrons. The molecule has 1 unspecified atom stereocenters. The molecule has 56 heavy (non-hydrogen) atoms. The van der Waals surface area contributed by atoms with Crippen molar-refractivity contribution in [1.29, 1.82) is 0 Å². The van der Waals surface area contributed by atoms with Crippen LogP contribution < -0.4 is 0 Å². The van der Waals surface area contributed by atoms with Crippen LogP contribution in [-0.2, 0) is 6.42 Å².